The van der Waals surface area contributed by atoms with Gasteiger partial charge in [0.25, 0.3) is 0 Å². The van der Waals surface area contributed by atoms with Crippen molar-refractivity contribution in [3.05, 3.63) is 29.3 Å². The summed E-state index contributed by atoms with van der Waals surface area (Å²) in [5.41, 5.74) is 2.36. The van der Waals surface area contributed by atoms with Crippen LogP contribution in [0.5, 0.6) is 5.75 Å². The predicted molar refractivity (Wildman–Crippen MR) is 84.0 cm³/mol. The first kappa shape index (κ1) is 15.3. The van der Waals surface area contributed by atoms with E-state index in [1.807, 2.05) is 12.1 Å². The SMILES string of the molecule is COc1ccc(C2CC(C(=O)O)CN2)cc1CN1CCCC1. The maximum absolute atomic E-state index is 11.1. The van der Waals surface area contributed by atoms with Crippen molar-refractivity contribution in [2.45, 2.75) is 31.8 Å². The predicted octanol–water partition coefficient (Wildman–Crippen LogP) is 2.03. The highest BCUT2D eigenvalue weighted by atomic mass is 16.5. The van der Waals surface area contributed by atoms with Crippen LogP contribution in [-0.4, -0.2) is 42.7 Å². The minimum Gasteiger partial charge on any atom is -0.496 e. The molecule has 0 saturated carbocycles. The lowest BCUT2D eigenvalue weighted by molar-refractivity contribution is -0.141. The second kappa shape index (κ2) is 6.67. The Morgan fingerprint density at radius 3 is 2.82 bits per heavy atom. The van der Waals surface area contributed by atoms with Gasteiger partial charge in [0.05, 0.1) is 13.0 Å². The molecule has 1 aromatic rings. The van der Waals surface area contributed by atoms with Gasteiger partial charge < -0.3 is 15.2 Å². The van der Waals surface area contributed by atoms with Gasteiger partial charge in [0.15, 0.2) is 0 Å². The van der Waals surface area contributed by atoms with Crippen LogP contribution in [0.4, 0.5) is 0 Å². The molecule has 120 valence electrons. The molecule has 2 saturated heterocycles. The Balaban J connectivity index is 1.76. The molecular weight excluding hydrogens is 280 g/mol. The number of carboxylic acids is 1. The Bertz CT molecular complexity index is 541. The fourth-order valence-electron chi connectivity index (χ4n) is 3.50. The number of likely N-dealkylation sites (tertiary alicyclic amines) is 1. The Morgan fingerprint density at radius 2 is 2.18 bits per heavy atom. The molecule has 22 heavy (non-hydrogen) atoms. The number of nitrogens with zero attached hydrogens (tertiary/aromatic N) is 1. The van der Waals surface area contributed by atoms with Gasteiger partial charge in [-0.15, -0.1) is 0 Å². The van der Waals surface area contributed by atoms with Crippen LogP contribution in [0.2, 0.25) is 0 Å². The summed E-state index contributed by atoms with van der Waals surface area (Å²) in [6.07, 6.45) is 3.20. The molecule has 0 spiro atoms. The smallest absolute Gasteiger partial charge is 0.307 e. The van der Waals surface area contributed by atoms with Gasteiger partial charge in [0.1, 0.15) is 5.75 Å². The summed E-state index contributed by atoms with van der Waals surface area (Å²) < 4.78 is 5.49. The van der Waals surface area contributed by atoms with E-state index < -0.39 is 5.97 Å². The molecule has 0 radical (unpaired) electrons. The number of hydrogen-bond acceptors (Lipinski definition) is 4. The molecule has 0 aliphatic carbocycles. The zero-order chi connectivity index (χ0) is 15.5. The molecule has 2 aliphatic heterocycles. The van der Waals surface area contributed by atoms with Gasteiger partial charge in [0.2, 0.25) is 0 Å². The van der Waals surface area contributed by atoms with Crippen molar-refractivity contribution in [1.82, 2.24) is 10.2 Å². The van der Waals surface area contributed by atoms with Crippen molar-refractivity contribution in [3.8, 4) is 5.75 Å². The summed E-state index contributed by atoms with van der Waals surface area (Å²) in [5, 5.41) is 12.5. The van der Waals surface area contributed by atoms with Gasteiger partial charge in [0, 0.05) is 24.7 Å². The van der Waals surface area contributed by atoms with Crippen molar-refractivity contribution >= 4 is 5.97 Å². The maximum atomic E-state index is 11.1. The number of hydrogen-bond donors (Lipinski definition) is 2. The molecule has 3 rings (SSSR count). The van der Waals surface area contributed by atoms with Crippen LogP contribution >= 0.6 is 0 Å². The minimum atomic E-state index is -0.708. The van der Waals surface area contributed by atoms with Crippen molar-refractivity contribution in [1.29, 1.82) is 0 Å². The van der Waals surface area contributed by atoms with Crippen LogP contribution in [0.3, 0.4) is 0 Å². The Hall–Kier alpha value is -1.59. The lowest BCUT2D eigenvalue weighted by atomic mass is 9.98. The van der Waals surface area contributed by atoms with Gasteiger partial charge in [-0.25, -0.2) is 0 Å². The summed E-state index contributed by atoms with van der Waals surface area (Å²) in [7, 11) is 1.71. The van der Waals surface area contributed by atoms with E-state index in [2.05, 4.69) is 16.3 Å². The van der Waals surface area contributed by atoms with Crippen LogP contribution in [-0.2, 0) is 11.3 Å². The molecule has 0 aromatic heterocycles. The number of rotatable bonds is 5. The molecule has 5 nitrogen and oxygen atoms in total. The molecular formula is C17H24N2O3. The average Bonchev–Trinajstić information content (AvgIpc) is 3.18. The second-order valence-electron chi connectivity index (χ2n) is 6.29. The highest BCUT2D eigenvalue weighted by molar-refractivity contribution is 5.70. The fraction of sp³-hybridized carbons (Fsp3) is 0.588. The van der Waals surface area contributed by atoms with E-state index in [1.54, 1.807) is 7.11 Å². The van der Waals surface area contributed by atoms with E-state index in [9.17, 15) is 4.79 Å². The zero-order valence-corrected chi connectivity index (χ0v) is 13.0. The van der Waals surface area contributed by atoms with E-state index in [4.69, 9.17) is 9.84 Å². The van der Waals surface area contributed by atoms with Crippen molar-refractivity contribution < 1.29 is 14.6 Å². The summed E-state index contributed by atoms with van der Waals surface area (Å²) in [6.45, 7) is 3.76. The van der Waals surface area contributed by atoms with Crippen LogP contribution in [0.1, 0.15) is 36.4 Å². The third kappa shape index (κ3) is 3.25. The summed E-state index contributed by atoms with van der Waals surface area (Å²) in [4.78, 5) is 13.6. The van der Waals surface area contributed by atoms with Gasteiger partial charge in [-0.3, -0.25) is 9.69 Å². The summed E-state index contributed by atoms with van der Waals surface area (Å²) in [6, 6.07) is 6.37. The number of carbonyl (C=O) groups is 1. The van der Waals surface area contributed by atoms with E-state index in [0.717, 1.165) is 25.4 Å². The molecule has 5 heteroatoms. The molecule has 2 N–H and O–H groups in total. The number of benzene rings is 1. The Labute approximate surface area is 131 Å². The quantitative estimate of drug-likeness (QED) is 0.871. The highest BCUT2D eigenvalue weighted by Crippen LogP contribution is 2.31. The van der Waals surface area contributed by atoms with Crippen LogP contribution in [0, 0.1) is 5.92 Å². The van der Waals surface area contributed by atoms with E-state index >= 15 is 0 Å². The number of methoxy groups -OCH3 is 1. The zero-order valence-electron chi connectivity index (χ0n) is 13.0. The van der Waals surface area contributed by atoms with Gasteiger partial charge in [-0.05, 0) is 50.0 Å². The van der Waals surface area contributed by atoms with Crippen molar-refractivity contribution in [3.63, 3.8) is 0 Å². The molecule has 1 aromatic carbocycles. The summed E-state index contributed by atoms with van der Waals surface area (Å²) in [5.74, 6) is -0.0710. The van der Waals surface area contributed by atoms with Crippen molar-refractivity contribution in [2.24, 2.45) is 5.92 Å². The Morgan fingerprint density at radius 1 is 1.41 bits per heavy atom. The lowest BCUT2D eigenvalue weighted by Crippen LogP contribution is -2.19. The lowest BCUT2D eigenvalue weighted by Gasteiger charge is -2.19. The van der Waals surface area contributed by atoms with Crippen molar-refractivity contribution in [2.75, 3.05) is 26.7 Å². The number of ether oxygens (including phenoxy) is 1. The maximum Gasteiger partial charge on any atom is 0.307 e. The Kier molecular flexibility index (Phi) is 4.64. The third-order valence-electron chi connectivity index (χ3n) is 4.78. The highest BCUT2D eigenvalue weighted by Gasteiger charge is 2.30. The van der Waals surface area contributed by atoms with Crippen LogP contribution in [0.25, 0.3) is 0 Å². The second-order valence-corrected chi connectivity index (χ2v) is 6.29. The number of nitrogens with one attached hydrogen (secondary N) is 1. The molecule has 2 unspecified atom stereocenters. The molecule has 0 bridgehead atoms. The normalized spacial score (nSPS) is 25.5. The first-order chi connectivity index (χ1) is 10.7. The molecule has 2 atom stereocenters. The molecule has 2 heterocycles. The summed E-state index contributed by atoms with van der Waals surface area (Å²) >= 11 is 0. The monoisotopic (exact) mass is 304 g/mol. The first-order valence-electron chi connectivity index (χ1n) is 8.02. The standard InChI is InChI=1S/C17H24N2O3/c1-22-16-5-4-12(15-9-13(10-18-15)17(20)21)8-14(16)11-19-6-2-3-7-19/h4-5,8,13,15,18H,2-3,6-7,9-11H2,1H3,(H,20,21). The van der Waals surface area contributed by atoms with E-state index in [0.29, 0.717) is 13.0 Å². The topological polar surface area (TPSA) is 61.8 Å². The van der Waals surface area contributed by atoms with Gasteiger partial charge >= 0.3 is 5.97 Å². The van der Waals surface area contributed by atoms with Crippen LogP contribution in [0.15, 0.2) is 18.2 Å². The third-order valence-corrected chi connectivity index (χ3v) is 4.78. The molecule has 2 fully saturated rings. The van der Waals surface area contributed by atoms with E-state index in [1.165, 1.54) is 24.0 Å². The van der Waals surface area contributed by atoms with Gasteiger partial charge in [-0.1, -0.05) is 6.07 Å². The largest absolute Gasteiger partial charge is 0.496 e. The van der Waals surface area contributed by atoms with Gasteiger partial charge in [-0.2, -0.15) is 0 Å². The number of aliphatic carboxylic acids is 1. The van der Waals surface area contributed by atoms with E-state index in [-0.39, 0.29) is 12.0 Å². The molecule has 0 amide bonds. The average molecular weight is 304 g/mol. The number of carboxylic acid groups (broad SMARTS) is 1. The molecule has 2 aliphatic rings. The minimum absolute atomic E-state index is 0.129. The van der Waals surface area contributed by atoms with Crippen LogP contribution < -0.4 is 10.1 Å². The first-order valence-corrected chi connectivity index (χ1v) is 8.02. The fourth-order valence-corrected chi connectivity index (χ4v) is 3.50.